The van der Waals surface area contributed by atoms with Crippen LogP contribution in [0.1, 0.15) is 5.56 Å². The number of phosphoric acid groups is 1. The molecule has 0 bridgehead atoms. The van der Waals surface area contributed by atoms with Crippen molar-refractivity contribution >= 4 is 18.6 Å². The third-order valence-electron chi connectivity index (χ3n) is 5.39. The highest BCUT2D eigenvalue weighted by Crippen LogP contribution is 2.40. The van der Waals surface area contributed by atoms with Gasteiger partial charge in [0.25, 0.3) is 0 Å². The van der Waals surface area contributed by atoms with Crippen LogP contribution in [-0.4, -0.2) is 102 Å². The van der Waals surface area contributed by atoms with Crippen LogP contribution in [0.4, 0.5) is 0 Å². The van der Waals surface area contributed by atoms with Gasteiger partial charge in [-0.25, -0.2) is 4.57 Å². The second kappa shape index (κ2) is 14.4. The van der Waals surface area contributed by atoms with E-state index in [0.717, 1.165) is 5.56 Å². The fraction of sp³-hybridized carbons (Fsp3) is 0.565. The van der Waals surface area contributed by atoms with Crippen molar-refractivity contribution in [1.29, 1.82) is 0 Å². The minimum atomic E-state index is -4.98. The standard InChI is InChI=1S/C23H33O12P/c24-20-19(34-23(22(26)21(20)25)35-36(27,28)29)15-33-12-10-31-8-7-30-9-11-32-14-16-5-6-17-3-1-2-4-18(17)13-16/h1-6,13,19-26H,7-12,14-15H2,(H2,27,28,29)/t19-,20+,21+,22-,23+/m1/s1. The van der Waals surface area contributed by atoms with Crippen LogP contribution in [0.15, 0.2) is 42.5 Å². The van der Waals surface area contributed by atoms with Gasteiger partial charge < -0.3 is 48.8 Å². The number of fused-ring (bicyclic) bond motifs is 1. The molecular weight excluding hydrogens is 499 g/mol. The van der Waals surface area contributed by atoms with E-state index in [9.17, 15) is 19.9 Å². The van der Waals surface area contributed by atoms with Gasteiger partial charge in [-0.2, -0.15) is 0 Å². The number of rotatable bonds is 15. The van der Waals surface area contributed by atoms with Gasteiger partial charge in [-0.15, -0.1) is 0 Å². The maximum Gasteiger partial charge on any atom is 0.472 e. The lowest BCUT2D eigenvalue weighted by atomic mass is 9.99. The second-order valence-corrected chi connectivity index (χ2v) is 9.34. The van der Waals surface area contributed by atoms with Crippen LogP contribution < -0.4 is 0 Å². The van der Waals surface area contributed by atoms with Crippen molar-refractivity contribution in [3.8, 4) is 0 Å². The maximum atomic E-state index is 11.0. The molecular formula is C23H33O12P. The quantitative estimate of drug-likeness (QED) is 0.157. The number of ether oxygens (including phenoxy) is 5. The lowest BCUT2D eigenvalue weighted by molar-refractivity contribution is -0.283. The fourth-order valence-corrected chi connectivity index (χ4v) is 4.00. The summed E-state index contributed by atoms with van der Waals surface area (Å²) in [6, 6.07) is 14.4. The predicted molar refractivity (Wildman–Crippen MR) is 126 cm³/mol. The van der Waals surface area contributed by atoms with Gasteiger partial charge >= 0.3 is 7.82 Å². The molecule has 0 spiro atoms. The fourth-order valence-electron chi connectivity index (χ4n) is 3.55. The van der Waals surface area contributed by atoms with Crippen LogP contribution in [-0.2, 0) is 39.4 Å². The summed E-state index contributed by atoms with van der Waals surface area (Å²) in [6.45, 7) is 2.21. The molecule has 12 nitrogen and oxygen atoms in total. The van der Waals surface area contributed by atoms with Crippen LogP contribution in [0.5, 0.6) is 0 Å². The minimum absolute atomic E-state index is 0.129. The van der Waals surface area contributed by atoms with Gasteiger partial charge in [0.05, 0.1) is 52.9 Å². The summed E-state index contributed by atoms with van der Waals surface area (Å²) in [7, 11) is -4.98. The highest BCUT2D eigenvalue weighted by molar-refractivity contribution is 7.46. The first-order chi connectivity index (χ1) is 17.2. The molecule has 0 saturated carbocycles. The van der Waals surface area contributed by atoms with Gasteiger partial charge in [0.1, 0.15) is 24.4 Å². The number of aliphatic hydroxyl groups is 3. The summed E-state index contributed by atoms with van der Waals surface area (Å²) in [5, 5.41) is 31.9. The van der Waals surface area contributed by atoms with E-state index in [2.05, 4.69) is 28.8 Å². The molecule has 13 heteroatoms. The van der Waals surface area contributed by atoms with E-state index in [0.29, 0.717) is 33.0 Å². The lowest BCUT2D eigenvalue weighted by Gasteiger charge is -2.39. The van der Waals surface area contributed by atoms with Crippen molar-refractivity contribution in [1.82, 2.24) is 0 Å². The number of aliphatic hydroxyl groups excluding tert-OH is 3. The van der Waals surface area contributed by atoms with E-state index < -0.39 is 38.5 Å². The molecule has 1 aliphatic rings. The molecule has 0 aromatic heterocycles. The van der Waals surface area contributed by atoms with E-state index >= 15 is 0 Å². The Balaban J connectivity index is 1.19. The van der Waals surface area contributed by atoms with Crippen LogP contribution in [0, 0.1) is 0 Å². The first-order valence-electron chi connectivity index (χ1n) is 11.5. The summed E-state index contributed by atoms with van der Waals surface area (Å²) < 4.78 is 42.2. The average Bonchev–Trinajstić information content (AvgIpc) is 2.85. The zero-order valence-electron chi connectivity index (χ0n) is 19.6. The zero-order valence-corrected chi connectivity index (χ0v) is 20.5. The van der Waals surface area contributed by atoms with Crippen molar-refractivity contribution in [3.63, 3.8) is 0 Å². The van der Waals surface area contributed by atoms with Gasteiger partial charge in [0.15, 0.2) is 6.29 Å². The monoisotopic (exact) mass is 532 g/mol. The van der Waals surface area contributed by atoms with Crippen molar-refractivity contribution in [2.45, 2.75) is 37.3 Å². The van der Waals surface area contributed by atoms with Crippen molar-refractivity contribution < 1.29 is 57.9 Å². The minimum Gasteiger partial charge on any atom is -0.387 e. The molecule has 202 valence electrons. The summed E-state index contributed by atoms with van der Waals surface area (Å²) in [5.41, 5.74) is 1.10. The molecule has 1 heterocycles. The molecule has 2 aromatic rings. The molecule has 5 N–H and O–H groups in total. The van der Waals surface area contributed by atoms with E-state index in [4.69, 9.17) is 33.5 Å². The smallest absolute Gasteiger partial charge is 0.387 e. The molecule has 36 heavy (non-hydrogen) atoms. The molecule has 1 aliphatic heterocycles. The van der Waals surface area contributed by atoms with Gasteiger partial charge in [-0.3, -0.25) is 4.52 Å². The van der Waals surface area contributed by atoms with Crippen molar-refractivity contribution in [2.75, 3.05) is 46.2 Å². The van der Waals surface area contributed by atoms with Crippen LogP contribution >= 0.6 is 7.82 Å². The Labute approximate surface area is 208 Å². The SMILES string of the molecule is O=P(O)(O)O[C@@H]1O[C@H](COCCOCCOCCOCc2ccc3ccccc3c2)[C@H](O)[C@H](O)[C@H]1O. The molecule has 1 fully saturated rings. The first kappa shape index (κ1) is 29.1. The Bertz CT molecular complexity index is 969. The van der Waals surface area contributed by atoms with Gasteiger partial charge in [0.2, 0.25) is 0 Å². The Kier molecular flexibility index (Phi) is 11.6. The van der Waals surface area contributed by atoms with Crippen molar-refractivity contribution in [3.05, 3.63) is 48.0 Å². The Morgan fingerprint density at radius 3 is 2.03 bits per heavy atom. The highest BCUT2D eigenvalue weighted by atomic mass is 31.2. The number of hydrogen-bond acceptors (Lipinski definition) is 10. The Hall–Kier alpha value is -1.51. The summed E-state index contributed by atoms with van der Waals surface area (Å²) >= 11 is 0. The molecule has 2 aromatic carbocycles. The van der Waals surface area contributed by atoms with Crippen molar-refractivity contribution in [2.24, 2.45) is 0 Å². The van der Waals surface area contributed by atoms with Crippen LogP contribution in [0.2, 0.25) is 0 Å². The van der Waals surface area contributed by atoms with Gasteiger partial charge in [0, 0.05) is 0 Å². The highest BCUT2D eigenvalue weighted by Gasteiger charge is 2.46. The molecule has 5 atom stereocenters. The third kappa shape index (κ3) is 9.42. The number of phosphoric ester groups is 1. The number of benzene rings is 2. The normalized spacial score (nSPS) is 24.9. The topological polar surface area (TPSA) is 174 Å². The third-order valence-corrected chi connectivity index (χ3v) is 5.87. The van der Waals surface area contributed by atoms with Gasteiger partial charge in [-0.05, 0) is 22.4 Å². The zero-order chi connectivity index (χ0) is 26.0. The summed E-state index contributed by atoms with van der Waals surface area (Å²) in [4.78, 5) is 17.7. The Morgan fingerprint density at radius 1 is 0.750 bits per heavy atom. The average molecular weight is 532 g/mol. The van der Waals surface area contributed by atoms with E-state index in [-0.39, 0.29) is 19.8 Å². The summed E-state index contributed by atoms with van der Waals surface area (Å²) in [6.07, 6.45) is -8.08. The molecule has 0 unspecified atom stereocenters. The molecule has 3 rings (SSSR count). The summed E-state index contributed by atoms with van der Waals surface area (Å²) in [5.74, 6) is 0. The lowest BCUT2D eigenvalue weighted by Crippen LogP contribution is -2.59. The molecule has 0 radical (unpaired) electrons. The molecule has 0 aliphatic carbocycles. The first-order valence-corrected chi connectivity index (χ1v) is 13.0. The largest absolute Gasteiger partial charge is 0.472 e. The van der Waals surface area contributed by atoms with E-state index in [1.54, 1.807) is 0 Å². The second-order valence-electron chi connectivity index (χ2n) is 8.14. The number of hydrogen-bond donors (Lipinski definition) is 5. The van der Waals surface area contributed by atoms with E-state index in [1.165, 1.54) is 10.8 Å². The van der Waals surface area contributed by atoms with E-state index in [1.807, 2.05) is 18.2 Å². The maximum absolute atomic E-state index is 11.0. The van der Waals surface area contributed by atoms with Crippen LogP contribution in [0.3, 0.4) is 0 Å². The molecule has 1 saturated heterocycles. The van der Waals surface area contributed by atoms with Crippen LogP contribution in [0.25, 0.3) is 10.8 Å². The van der Waals surface area contributed by atoms with Gasteiger partial charge in [-0.1, -0.05) is 36.4 Å². The predicted octanol–water partition coefficient (Wildman–Crippen LogP) is 0.323. The Morgan fingerprint density at radius 2 is 1.36 bits per heavy atom. The molecule has 0 amide bonds.